The van der Waals surface area contributed by atoms with Gasteiger partial charge in [-0.05, 0) is 25.0 Å². The third-order valence-electron chi connectivity index (χ3n) is 4.48. The fourth-order valence-electron chi connectivity index (χ4n) is 3.28. The van der Waals surface area contributed by atoms with E-state index in [0.29, 0.717) is 21.6 Å². The fourth-order valence-corrected chi connectivity index (χ4v) is 4.41. The number of H-pyrrole nitrogens is 2. The van der Waals surface area contributed by atoms with E-state index in [-0.39, 0.29) is 17.8 Å². The first-order valence-electron chi connectivity index (χ1n) is 8.19. The standard InChI is InChI=1S/C19H17N3O2S/c1-3-11-10(2)25-19-17(11)18(24)21-16(22-19)8-15(23)13-9-20-14-7-5-4-6-12(13)14/h4-7,9,20H,3,8H2,1-2H3,(H,21,22,24). The van der Waals surface area contributed by atoms with Crippen LogP contribution in [0.3, 0.4) is 0 Å². The van der Waals surface area contributed by atoms with Gasteiger partial charge in [-0.2, -0.15) is 0 Å². The van der Waals surface area contributed by atoms with Crippen molar-refractivity contribution in [3.8, 4) is 0 Å². The Morgan fingerprint density at radius 1 is 1.28 bits per heavy atom. The Bertz CT molecular complexity index is 1170. The third kappa shape index (κ3) is 2.59. The predicted molar refractivity (Wildman–Crippen MR) is 101 cm³/mol. The number of hydrogen-bond donors (Lipinski definition) is 2. The lowest BCUT2D eigenvalue weighted by molar-refractivity contribution is 0.0992. The van der Waals surface area contributed by atoms with Crippen LogP contribution in [0.1, 0.15) is 33.5 Å². The molecule has 0 saturated carbocycles. The van der Waals surface area contributed by atoms with Gasteiger partial charge in [0.1, 0.15) is 10.7 Å². The Morgan fingerprint density at radius 3 is 2.88 bits per heavy atom. The minimum atomic E-state index is -0.159. The van der Waals surface area contributed by atoms with Crippen molar-refractivity contribution in [2.24, 2.45) is 0 Å². The van der Waals surface area contributed by atoms with E-state index in [2.05, 4.69) is 15.0 Å². The molecule has 2 N–H and O–H groups in total. The number of fused-ring (bicyclic) bond motifs is 2. The molecule has 4 rings (SSSR count). The second-order valence-corrected chi connectivity index (χ2v) is 7.23. The molecule has 126 valence electrons. The lowest BCUT2D eigenvalue weighted by Crippen LogP contribution is -2.15. The van der Waals surface area contributed by atoms with Crippen LogP contribution in [0.15, 0.2) is 35.3 Å². The summed E-state index contributed by atoms with van der Waals surface area (Å²) in [5.74, 6) is 0.348. The topological polar surface area (TPSA) is 78.6 Å². The van der Waals surface area contributed by atoms with Crippen LogP contribution in [-0.4, -0.2) is 20.7 Å². The number of nitrogens with one attached hydrogen (secondary N) is 2. The third-order valence-corrected chi connectivity index (χ3v) is 5.52. The molecule has 1 aromatic carbocycles. The second kappa shape index (κ2) is 5.97. The molecule has 5 nitrogen and oxygen atoms in total. The minimum absolute atomic E-state index is 0.0658. The van der Waals surface area contributed by atoms with Crippen LogP contribution in [0.5, 0.6) is 0 Å². The highest BCUT2D eigenvalue weighted by Gasteiger charge is 2.17. The molecule has 0 fully saturated rings. The largest absolute Gasteiger partial charge is 0.360 e. The number of ketones is 1. The Hall–Kier alpha value is -2.73. The van der Waals surface area contributed by atoms with E-state index in [1.165, 1.54) is 11.3 Å². The highest BCUT2D eigenvalue weighted by atomic mass is 32.1. The molecule has 0 bridgehead atoms. The molecule has 0 unspecified atom stereocenters. The summed E-state index contributed by atoms with van der Waals surface area (Å²) in [7, 11) is 0. The number of carbonyl (C=O) groups excluding carboxylic acids is 1. The Kier molecular flexibility index (Phi) is 3.77. The van der Waals surface area contributed by atoms with Crippen molar-refractivity contribution >= 4 is 38.2 Å². The summed E-state index contributed by atoms with van der Waals surface area (Å²) in [6.45, 7) is 4.03. The number of nitrogens with zero attached hydrogens (tertiary/aromatic N) is 1. The number of aromatic nitrogens is 3. The van der Waals surface area contributed by atoms with E-state index >= 15 is 0 Å². The van der Waals surface area contributed by atoms with Gasteiger partial charge < -0.3 is 9.97 Å². The van der Waals surface area contributed by atoms with Crippen LogP contribution in [-0.2, 0) is 12.8 Å². The van der Waals surface area contributed by atoms with Gasteiger partial charge in [-0.15, -0.1) is 11.3 Å². The zero-order valence-electron chi connectivity index (χ0n) is 14.0. The first kappa shape index (κ1) is 15.8. The molecule has 0 amide bonds. The summed E-state index contributed by atoms with van der Waals surface area (Å²) >= 11 is 1.51. The van der Waals surface area contributed by atoms with Gasteiger partial charge in [0.25, 0.3) is 5.56 Å². The Balaban J connectivity index is 1.73. The summed E-state index contributed by atoms with van der Waals surface area (Å²) in [4.78, 5) is 37.4. The number of para-hydroxylation sites is 1. The van der Waals surface area contributed by atoms with Gasteiger partial charge in [-0.25, -0.2) is 4.98 Å². The number of Topliss-reactive ketones (excluding diaryl/α,β-unsaturated/α-hetero) is 1. The van der Waals surface area contributed by atoms with Gasteiger partial charge in [-0.3, -0.25) is 9.59 Å². The number of carbonyl (C=O) groups is 1. The molecule has 0 saturated heterocycles. The van der Waals surface area contributed by atoms with Crippen molar-refractivity contribution in [3.63, 3.8) is 0 Å². The van der Waals surface area contributed by atoms with E-state index in [4.69, 9.17) is 0 Å². The summed E-state index contributed by atoms with van der Waals surface area (Å²) < 4.78 is 0. The highest BCUT2D eigenvalue weighted by Crippen LogP contribution is 2.27. The van der Waals surface area contributed by atoms with Gasteiger partial charge in [0.05, 0.1) is 11.8 Å². The zero-order valence-corrected chi connectivity index (χ0v) is 14.8. The van der Waals surface area contributed by atoms with Gasteiger partial charge in [-0.1, -0.05) is 25.1 Å². The van der Waals surface area contributed by atoms with Gasteiger partial charge in [0.2, 0.25) is 0 Å². The van der Waals surface area contributed by atoms with E-state index in [0.717, 1.165) is 27.8 Å². The van der Waals surface area contributed by atoms with Crippen molar-refractivity contribution in [3.05, 3.63) is 62.6 Å². The number of thiophene rings is 1. The number of aryl methyl sites for hydroxylation is 2. The average molecular weight is 351 g/mol. The molecule has 25 heavy (non-hydrogen) atoms. The monoisotopic (exact) mass is 351 g/mol. The molecular formula is C19H17N3O2S. The van der Waals surface area contributed by atoms with Gasteiger partial charge in [0, 0.05) is 27.5 Å². The molecule has 0 aliphatic heterocycles. The number of rotatable bonds is 4. The van der Waals surface area contributed by atoms with Crippen LogP contribution >= 0.6 is 11.3 Å². The molecule has 4 aromatic rings. The molecule has 3 heterocycles. The first-order chi connectivity index (χ1) is 12.1. The maximum Gasteiger partial charge on any atom is 0.259 e. The zero-order chi connectivity index (χ0) is 17.6. The van der Waals surface area contributed by atoms with Crippen molar-refractivity contribution in [1.82, 2.24) is 15.0 Å². The Morgan fingerprint density at radius 2 is 2.08 bits per heavy atom. The Labute approximate surface area is 147 Å². The SMILES string of the molecule is CCc1c(C)sc2nc(CC(=O)c3c[nH]c4ccccc34)[nH]c(=O)c12. The average Bonchev–Trinajstić information content (AvgIpc) is 3.15. The second-order valence-electron chi connectivity index (χ2n) is 6.03. The number of hydrogen-bond acceptors (Lipinski definition) is 4. The molecule has 0 radical (unpaired) electrons. The van der Waals surface area contributed by atoms with Crippen molar-refractivity contribution in [2.75, 3.05) is 0 Å². The minimum Gasteiger partial charge on any atom is -0.360 e. The first-order valence-corrected chi connectivity index (χ1v) is 9.00. The highest BCUT2D eigenvalue weighted by molar-refractivity contribution is 7.18. The van der Waals surface area contributed by atoms with Crippen molar-refractivity contribution in [1.29, 1.82) is 0 Å². The summed E-state index contributed by atoms with van der Waals surface area (Å²) in [6, 6.07) is 7.66. The maximum atomic E-state index is 12.7. The van der Waals surface area contributed by atoms with Crippen LogP contribution in [0.2, 0.25) is 0 Å². The summed E-state index contributed by atoms with van der Waals surface area (Å²) in [6.07, 6.45) is 2.59. The van der Waals surface area contributed by atoms with Crippen molar-refractivity contribution in [2.45, 2.75) is 26.7 Å². The normalized spacial score (nSPS) is 11.4. The van der Waals surface area contributed by atoms with Gasteiger partial charge in [0.15, 0.2) is 5.78 Å². The van der Waals surface area contributed by atoms with Crippen LogP contribution < -0.4 is 5.56 Å². The molecule has 0 spiro atoms. The molecule has 6 heteroatoms. The fraction of sp³-hybridized carbons (Fsp3) is 0.211. The molecule has 0 atom stereocenters. The van der Waals surface area contributed by atoms with Crippen LogP contribution in [0.4, 0.5) is 0 Å². The smallest absolute Gasteiger partial charge is 0.259 e. The molecular weight excluding hydrogens is 334 g/mol. The van der Waals surface area contributed by atoms with Crippen LogP contribution in [0, 0.1) is 6.92 Å². The van der Waals surface area contributed by atoms with Crippen molar-refractivity contribution < 1.29 is 4.79 Å². The quantitative estimate of drug-likeness (QED) is 0.550. The number of benzene rings is 1. The maximum absolute atomic E-state index is 12.7. The predicted octanol–water partition coefficient (Wildman–Crippen LogP) is 3.76. The van der Waals surface area contributed by atoms with E-state index in [1.54, 1.807) is 6.20 Å². The lowest BCUT2D eigenvalue weighted by Gasteiger charge is -2.01. The summed E-state index contributed by atoms with van der Waals surface area (Å²) in [5, 5.41) is 1.55. The lowest BCUT2D eigenvalue weighted by atomic mass is 10.1. The van der Waals surface area contributed by atoms with Crippen LogP contribution in [0.25, 0.3) is 21.1 Å². The van der Waals surface area contributed by atoms with Gasteiger partial charge >= 0.3 is 0 Å². The van der Waals surface area contributed by atoms with E-state index in [9.17, 15) is 9.59 Å². The molecule has 0 aliphatic rings. The van der Waals surface area contributed by atoms with E-state index < -0.39 is 0 Å². The molecule has 0 aliphatic carbocycles. The number of aromatic amines is 2. The summed E-state index contributed by atoms with van der Waals surface area (Å²) in [5.41, 5.74) is 2.43. The molecule has 3 aromatic heterocycles. The van der Waals surface area contributed by atoms with E-state index in [1.807, 2.05) is 38.1 Å².